The van der Waals surface area contributed by atoms with Gasteiger partial charge in [-0.2, -0.15) is 0 Å². The van der Waals surface area contributed by atoms with Crippen LogP contribution in [0.2, 0.25) is 0 Å². The van der Waals surface area contributed by atoms with Crippen LogP contribution in [-0.2, 0) is 11.2 Å². The Kier molecular flexibility index (Phi) is 4.88. The highest BCUT2D eigenvalue weighted by molar-refractivity contribution is 5.67. The Morgan fingerprint density at radius 1 is 1.20 bits per heavy atom. The number of aliphatic carboxylic acids is 1. The minimum atomic E-state index is -0.719. The molecule has 20 heavy (non-hydrogen) atoms. The SMILES string of the molecule is CC(CCc1cccc(-c2ccncc2)c1)CC(=O)O. The summed E-state index contributed by atoms with van der Waals surface area (Å²) in [4.78, 5) is 14.7. The zero-order chi connectivity index (χ0) is 14.4. The average molecular weight is 269 g/mol. The van der Waals surface area contributed by atoms with Crippen LogP contribution < -0.4 is 0 Å². The zero-order valence-electron chi connectivity index (χ0n) is 11.6. The van der Waals surface area contributed by atoms with Gasteiger partial charge in [0.2, 0.25) is 0 Å². The second kappa shape index (κ2) is 6.85. The number of rotatable bonds is 6. The molecule has 3 heteroatoms. The van der Waals surface area contributed by atoms with Gasteiger partial charge in [0, 0.05) is 18.8 Å². The lowest BCUT2D eigenvalue weighted by Gasteiger charge is -2.09. The molecule has 0 radical (unpaired) electrons. The van der Waals surface area contributed by atoms with Gasteiger partial charge >= 0.3 is 5.97 Å². The Hall–Kier alpha value is -2.16. The minimum absolute atomic E-state index is 0.206. The van der Waals surface area contributed by atoms with Crippen molar-refractivity contribution in [2.24, 2.45) is 5.92 Å². The van der Waals surface area contributed by atoms with Gasteiger partial charge in [-0.25, -0.2) is 0 Å². The van der Waals surface area contributed by atoms with Crippen molar-refractivity contribution < 1.29 is 9.90 Å². The van der Waals surface area contributed by atoms with Gasteiger partial charge in [0.1, 0.15) is 0 Å². The first-order chi connectivity index (χ1) is 9.65. The van der Waals surface area contributed by atoms with E-state index in [9.17, 15) is 4.79 Å². The summed E-state index contributed by atoms with van der Waals surface area (Å²) in [5, 5.41) is 8.77. The number of pyridine rings is 1. The van der Waals surface area contributed by atoms with Crippen molar-refractivity contribution >= 4 is 5.97 Å². The van der Waals surface area contributed by atoms with Crippen LogP contribution in [0.15, 0.2) is 48.8 Å². The Balaban J connectivity index is 2.02. The summed E-state index contributed by atoms with van der Waals surface area (Å²) in [6.07, 6.45) is 5.62. The molecule has 1 aromatic heterocycles. The van der Waals surface area contributed by atoms with Crippen LogP contribution in [0.4, 0.5) is 0 Å². The van der Waals surface area contributed by atoms with Gasteiger partial charge < -0.3 is 5.11 Å². The van der Waals surface area contributed by atoms with Crippen LogP contribution in [0.3, 0.4) is 0 Å². The third-order valence-electron chi connectivity index (χ3n) is 3.39. The van der Waals surface area contributed by atoms with Crippen LogP contribution in [0.25, 0.3) is 11.1 Å². The number of carboxylic acid groups (broad SMARTS) is 1. The Bertz CT molecular complexity index is 566. The molecule has 1 N–H and O–H groups in total. The van der Waals surface area contributed by atoms with E-state index in [2.05, 4.69) is 23.2 Å². The minimum Gasteiger partial charge on any atom is -0.481 e. The first-order valence-electron chi connectivity index (χ1n) is 6.86. The number of aromatic nitrogens is 1. The third kappa shape index (κ3) is 4.19. The van der Waals surface area contributed by atoms with Crippen molar-refractivity contribution in [1.82, 2.24) is 4.98 Å². The molecule has 0 bridgehead atoms. The normalized spacial score (nSPS) is 12.1. The molecule has 2 rings (SSSR count). The Labute approximate surface area is 119 Å². The number of carboxylic acids is 1. The molecule has 104 valence electrons. The maximum Gasteiger partial charge on any atom is 0.303 e. The molecule has 1 heterocycles. The quantitative estimate of drug-likeness (QED) is 0.868. The summed E-state index contributed by atoms with van der Waals surface area (Å²) in [6.45, 7) is 1.99. The van der Waals surface area contributed by atoms with E-state index < -0.39 is 5.97 Å². The summed E-state index contributed by atoms with van der Waals surface area (Å²) in [6, 6.07) is 12.4. The second-order valence-electron chi connectivity index (χ2n) is 5.18. The van der Waals surface area contributed by atoms with Crippen molar-refractivity contribution in [3.05, 3.63) is 54.4 Å². The third-order valence-corrected chi connectivity index (χ3v) is 3.39. The first kappa shape index (κ1) is 14.3. The lowest BCUT2D eigenvalue weighted by Crippen LogP contribution is -2.05. The predicted octanol–water partition coefficient (Wildman–Crippen LogP) is 3.79. The summed E-state index contributed by atoms with van der Waals surface area (Å²) in [5.74, 6) is -0.514. The molecule has 0 spiro atoms. The van der Waals surface area contributed by atoms with E-state index >= 15 is 0 Å². The van der Waals surface area contributed by atoms with Crippen molar-refractivity contribution in [1.29, 1.82) is 0 Å². The van der Waals surface area contributed by atoms with E-state index in [0.717, 1.165) is 18.4 Å². The van der Waals surface area contributed by atoms with Gasteiger partial charge in [0.25, 0.3) is 0 Å². The van der Waals surface area contributed by atoms with Gasteiger partial charge in [-0.1, -0.05) is 31.2 Å². The molecule has 1 aromatic carbocycles. The molecule has 0 amide bonds. The summed E-state index contributed by atoms with van der Waals surface area (Å²) in [5.41, 5.74) is 3.58. The van der Waals surface area contributed by atoms with Crippen LogP contribution >= 0.6 is 0 Å². The van der Waals surface area contributed by atoms with E-state index in [-0.39, 0.29) is 12.3 Å². The fourth-order valence-corrected chi connectivity index (χ4v) is 2.26. The fraction of sp³-hybridized carbons (Fsp3) is 0.294. The monoisotopic (exact) mass is 269 g/mol. The maximum absolute atomic E-state index is 10.7. The van der Waals surface area contributed by atoms with Gasteiger partial charge in [-0.05, 0) is 47.6 Å². The number of benzene rings is 1. The smallest absolute Gasteiger partial charge is 0.303 e. The highest BCUT2D eigenvalue weighted by atomic mass is 16.4. The van der Waals surface area contributed by atoms with Crippen LogP contribution in [0.5, 0.6) is 0 Å². The van der Waals surface area contributed by atoms with Crippen molar-refractivity contribution in [3.63, 3.8) is 0 Å². The number of hydrogen-bond acceptors (Lipinski definition) is 2. The molecule has 0 fully saturated rings. The average Bonchev–Trinajstić information content (AvgIpc) is 2.46. The molecule has 3 nitrogen and oxygen atoms in total. The van der Waals surface area contributed by atoms with Crippen LogP contribution in [0.1, 0.15) is 25.3 Å². The maximum atomic E-state index is 10.7. The Morgan fingerprint density at radius 2 is 1.95 bits per heavy atom. The zero-order valence-corrected chi connectivity index (χ0v) is 11.6. The van der Waals surface area contributed by atoms with E-state index in [1.54, 1.807) is 12.4 Å². The highest BCUT2D eigenvalue weighted by Crippen LogP contribution is 2.21. The van der Waals surface area contributed by atoms with Gasteiger partial charge in [-0.15, -0.1) is 0 Å². The van der Waals surface area contributed by atoms with Crippen molar-refractivity contribution in [2.75, 3.05) is 0 Å². The van der Waals surface area contributed by atoms with E-state index in [1.165, 1.54) is 11.1 Å². The second-order valence-corrected chi connectivity index (χ2v) is 5.18. The largest absolute Gasteiger partial charge is 0.481 e. The van der Waals surface area contributed by atoms with Crippen LogP contribution in [0, 0.1) is 5.92 Å². The molecule has 1 unspecified atom stereocenters. The number of aryl methyl sites for hydroxylation is 1. The highest BCUT2D eigenvalue weighted by Gasteiger charge is 2.08. The van der Waals surface area contributed by atoms with E-state index in [1.807, 2.05) is 25.1 Å². The van der Waals surface area contributed by atoms with Gasteiger partial charge in [-0.3, -0.25) is 9.78 Å². The molecule has 1 atom stereocenters. The van der Waals surface area contributed by atoms with Crippen molar-refractivity contribution in [2.45, 2.75) is 26.2 Å². The van der Waals surface area contributed by atoms with Crippen LogP contribution in [-0.4, -0.2) is 16.1 Å². The number of carbonyl (C=O) groups is 1. The van der Waals surface area contributed by atoms with E-state index in [4.69, 9.17) is 5.11 Å². The molecule has 0 aliphatic rings. The van der Waals surface area contributed by atoms with Gasteiger partial charge in [0.15, 0.2) is 0 Å². The molecular weight excluding hydrogens is 250 g/mol. The van der Waals surface area contributed by atoms with Crippen molar-refractivity contribution in [3.8, 4) is 11.1 Å². The molecule has 0 aliphatic carbocycles. The molecule has 0 saturated carbocycles. The summed E-state index contributed by atoms with van der Waals surface area (Å²) in [7, 11) is 0. The molecule has 0 saturated heterocycles. The van der Waals surface area contributed by atoms with Gasteiger partial charge in [0.05, 0.1) is 0 Å². The lowest BCUT2D eigenvalue weighted by molar-refractivity contribution is -0.138. The summed E-state index contributed by atoms with van der Waals surface area (Å²) >= 11 is 0. The molecule has 0 aliphatic heterocycles. The predicted molar refractivity (Wildman–Crippen MR) is 79.4 cm³/mol. The standard InChI is InChI=1S/C17H19NO2/c1-13(11-17(19)20)5-6-14-3-2-4-16(12-14)15-7-9-18-10-8-15/h2-4,7-10,12-13H,5-6,11H2,1H3,(H,19,20). The Morgan fingerprint density at radius 3 is 2.65 bits per heavy atom. The first-order valence-corrected chi connectivity index (χ1v) is 6.86. The molecule has 2 aromatic rings. The van der Waals surface area contributed by atoms with E-state index in [0.29, 0.717) is 0 Å². The lowest BCUT2D eigenvalue weighted by atomic mass is 9.96. The topological polar surface area (TPSA) is 50.2 Å². The molecular formula is C17H19NO2. The number of hydrogen-bond donors (Lipinski definition) is 1. The summed E-state index contributed by atoms with van der Waals surface area (Å²) < 4.78 is 0. The number of nitrogens with zero attached hydrogens (tertiary/aromatic N) is 1. The fourth-order valence-electron chi connectivity index (χ4n) is 2.26.